The van der Waals surface area contributed by atoms with Crippen molar-refractivity contribution in [3.63, 3.8) is 0 Å². The molecule has 152 valence electrons. The van der Waals surface area contributed by atoms with Gasteiger partial charge >= 0.3 is 11.9 Å². The third kappa shape index (κ3) is 8.60. The zero-order chi connectivity index (χ0) is 20.9. The first-order chi connectivity index (χ1) is 14.1. The molecule has 4 nitrogen and oxygen atoms in total. The van der Waals surface area contributed by atoms with Gasteiger partial charge in [-0.1, -0.05) is 61.7 Å². The van der Waals surface area contributed by atoms with Crippen LogP contribution in [-0.4, -0.2) is 25.2 Å². The monoisotopic (exact) mass is 392 g/mol. The molecule has 0 spiro atoms. The lowest BCUT2D eigenvalue weighted by molar-refractivity contribution is -0.138. The summed E-state index contributed by atoms with van der Waals surface area (Å²) in [6, 6.07) is 16.9. The number of benzene rings is 2. The van der Waals surface area contributed by atoms with Crippen molar-refractivity contribution < 1.29 is 19.1 Å². The molecule has 0 fully saturated rings. The SMILES string of the molecule is C=CC(=O)OCCc1ccc(CCCc2ccc(CCOC(=O)C=C)cc2)cc1. The Bertz CT molecular complexity index is 734. The van der Waals surface area contributed by atoms with E-state index in [9.17, 15) is 9.59 Å². The van der Waals surface area contributed by atoms with Crippen LogP contribution in [0.5, 0.6) is 0 Å². The molecule has 0 atom stereocenters. The van der Waals surface area contributed by atoms with Gasteiger partial charge < -0.3 is 9.47 Å². The molecule has 0 bridgehead atoms. The number of rotatable bonds is 12. The average Bonchev–Trinajstić information content (AvgIpc) is 2.75. The molecule has 0 amide bonds. The lowest BCUT2D eigenvalue weighted by Crippen LogP contribution is -2.04. The van der Waals surface area contributed by atoms with Gasteiger partial charge in [-0.25, -0.2) is 9.59 Å². The number of carbonyl (C=O) groups is 2. The van der Waals surface area contributed by atoms with Crippen molar-refractivity contribution in [3.05, 3.63) is 96.1 Å². The van der Waals surface area contributed by atoms with Crippen molar-refractivity contribution in [3.8, 4) is 0 Å². The van der Waals surface area contributed by atoms with Crippen LogP contribution in [0, 0.1) is 0 Å². The molecule has 0 saturated heterocycles. The van der Waals surface area contributed by atoms with E-state index in [1.54, 1.807) is 0 Å². The second kappa shape index (κ2) is 12.3. The molecule has 0 N–H and O–H groups in total. The topological polar surface area (TPSA) is 52.6 Å². The summed E-state index contributed by atoms with van der Waals surface area (Å²) in [5.74, 6) is -0.767. The first-order valence-electron chi connectivity index (χ1n) is 9.84. The molecule has 2 rings (SSSR count). The lowest BCUT2D eigenvalue weighted by Gasteiger charge is -2.07. The molecular weight excluding hydrogens is 364 g/mol. The third-order valence-electron chi connectivity index (χ3n) is 4.58. The van der Waals surface area contributed by atoms with Crippen molar-refractivity contribution in [1.29, 1.82) is 0 Å². The van der Waals surface area contributed by atoms with Crippen molar-refractivity contribution in [2.45, 2.75) is 32.1 Å². The van der Waals surface area contributed by atoms with Gasteiger partial charge in [0.25, 0.3) is 0 Å². The van der Waals surface area contributed by atoms with E-state index in [0.717, 1.165) is 30.4 Å². The fraction of sp³-hybridized carbons (Fsp3) is 0.280. The van der Waals surface area contributed by atoms with Crippen molar-refractivity contribution in [2.75, 3.05) is 13.2 Å². The highest BCUT2D eigenvalue weighted by Crippen LogP contribution is 2.12. The van der Waals surface area contributed by atoms with Gasteiger partial charge in [-0.3, -0.25) is 0 Å². The molecule has 2 aromatic carbocycles. The van der Waals surface area contributed by atoms with E-state index in [2.05, 4.69) is 61.7 Å². The largest absolute Gasteiger partial charge is 0.462 e. The smallest absolute Gasteiger partial charge is 0.330 e. The van der Waals surface area contributed by atoms with Crippen LogP contribution in [0.15, 0.2) is 73.8 Å². The minimum atomic E-state index is -0.384. The second-order valence-electron chi connectivity index (χ2n) is 6.73. The molecule has 0 aliphatic rings. The number of ether oxygens (including phenoxy) is 2. The summed E-state index contributed by atoms with van der Waals surface area (Å²) in [6.07, 6.45) is 6.88. The first-order valence-corrected chi connectivity index (χ1v) is 9.84. The highest BCUT2D eigenvalue weighted by molar-refractivity contribution is 5.81. The third-order valence-corrected chi connectivity index (χ3v) is 4.58. The summed E-state index contributed by atoms with van der Waals surface area (Å²) in [4.78, 5) is 22.1. The van der Waals surface area contributed by atoms with Crippen molar-refractivity contribution in [2.24, 2.45) is 0 Å². The molecule has 0 saturated carbocycles. The van der Waals surface area contributed by atoms with Crippen LogP contribution in [0.3, 0.4) is 0 Å². The Labute approximate surface area is 172 Å². The Morgan fingerprint density at radius 2 is 0.931 bits per heavy atom. The molecule has 0 heterocycles. The van der Waals surface area contributed by atoms with Gasteiger partial charge in [0, 0.05) is 25.0 Å². The van der Waals surface area contributed by atoms with Gasteiger partial charge in [-0.2, -0.15) is 0 Å². The van der Waals surface area contributed by atoms with Gasteiger partial charge in [0.2, 0.25) is 0 Å². The van der Waals surface area contributed by atoms with Crippen LogP contribution >= 0.6 is 0 Å². The zero-order valence-electron chi connectivity index (χ0n) is 16.8. The number of carbonyl (C=O) groups excluding carboxylic acids is 2. The molecule has 4 heteroatoms. The quantitative estimate of drug-likeness (QED) is 0.397. The Morgan fingerprint density at radius 3 is 1.24 bits per heavy atom. The predicted octanol–water partition coefficient (Wildman–Crippen LogP) is 4.41. The highest BCUT2D eigenvalue weighted by atomic mass is 16.5. The molecule has 0 radical (unpaired) electrons. The molecule has 0 unspecified atom stereocenters. The minimum absolute atomic E-state index is 0.372. The number of hydrogen-bond acceptors (Lipinski definition) is 4. The van der Waals surface area contributed by atoms with Gasteiger partial charge in [-0.05, 0) is 41.5 Å². The molecule has 0 aromatic heterocycles. The van der Waals surface area contributed by atoms with E-state index in [4.69, 9.17) is 9.47 Å². The summed E-state index contributed by atoms with van der Waals surface area (Å²) in [6.45, 7) is 7.50. The Balaban J connectivity index is 1.68. The molecule has 2 aromatic rings. The summed E-state index contributed by atoms with van der Waals surface area (Å²) in [5.41, 5.74) is 4.91. The van der Waals surface area contributed by atoms with E-state index in [0.29, 0.717) is 26.1 Å². The van der Waals surface area contributed by atoms with Gasteiger partial charge in [0.1, 0.15) is 0 Å². The van der Waals surface area contributed by atoms with Crippen LogP contribution < -0.4 is 0 Å². The van der Waals surface area contributed by atoms with Gasteiger partial charge in [0.15, 0.2) is 0 Å². The van der Waals surface area contributed by atoms with E-state index in [-0.39, 0.29) is 11.9 Å². The Morgan fingerprint density at radius 1 is 0.621 bits per heavy atom. The normalized spacial score (nSPS) is 10.2. The molecule has 0 aliphatic carbocycles. The zero-order valence-corrected chi connectivity index (χ0v) is 16.8. The highest BCUT2D eigenvalue weighted by Gasteiger charge is 2.01. The molecule has 29 heavy (non-hydrogen) atoms. The van der Waals surface area contributed by atoms with E-state index < -0.39 is 0 Å². The van der Waals surface area contributed by atoms with E-state index >= 15 is 0 Å². The number of hydrogen-bond donors (Lipinski definition) is 0. The predicted molar refractivity (Wildman–Crippen MR) is 115 cm³/mol. The standard InChI is InChI=1S/C25H28O4/c1-3-24(26)28-18-16-22-12-8-20(9-13-22)6-5-7-21-10-14-23(15-11-21)17-19-29-25(27)4-2/h3-4,8-15H,1-2,5-7,16-19H2. The maximum Gasteiger partial charge on any atom is 0.330 e. The van der Waals surface area contributed by atoms with Crippen LogP contribution in [-0.2, 0) is 44.7 Å². The van der Waals surface area contributed by atoms with Crippen LogP contribution in [0.4, 0.5) is 0 Å². The lowest BCUT2D eigenvalue weighted by atomic mass is 10.0. The summed E-state index contributed by atoms with van der Waals surface area (Å²) in [7, 11) is 0. The Hall–Kier alpha value is -3.14. The summed E-state index contributed by atoms with van der Waals surface area (Å²) in [5, 5.41) is 0. The number of aryl methyl sites for hydroxylation is 2. The fourth-order valence-corrected chi connectivity index (χ4v) is 2.90. The number of esters is 2. The summed E-state index contributed by atoms with van der Waals surface area (Å²) < 4.78 is 10.0. The summed E-state index contributed by atoms with van der Waals surface area (Å²) >= 11 is 0. The van der Waals surface area contributed by atoms with Crippen LogP contribution in [0.25, 0.3) is 0 Å². The van der Waals surface area contributed by atoms with Crippen molar-refractivity contribution >= 4 is 11.9 Å². The van der Waals surface area contributed by atoms with Crippen LogP contribution in [0.2, 0.25) is 0 Å². The van der Waals surface area contributed by atoms with Gasteiger partial charge in [-0.15, -0.1) is 0 Å². The minimum Gasteiger partial charge on any atom is -0.462 e. The second-order valence-corrected chi connectivity index (χ2v) is 6.73. The average molecular weight is 392 g/mol. The first kappa shape index (κ1) is 22.2. The maximum absolute atomic E-state index is 11.0. The Kier molecular flexibility index (Phi) is 9.43. The van der Waals surface area contributed by atoms with E-state index in [1.165, 1.54) is 23.3 Å². The van der Waals surface area contributed by atoms with E-state index in [1.807, 2.05) is 0 Å². The maximum atomic E-state index is 11.0. The molecular formula is C25H28O4. The van der Waals surface area contributed by atoms with Gasteiger partial charge in [0.05, 0.1) is 13.2 Å². The van der Waals surface area contributed by atoms with Crippen molar-refractivity contribution in [1.82, 2.24) is 0 Å². The van der Waals surface area contributed by atoms with Crippen LogP contribution in [0.1, 0.15) is 28.7 Å². The fourth-order valence-electron chi connectivity index (χ4n) is 2.90. The molecule has 0 aliphatic heterocycles.